The van der Waals surface area contributed by atoms with Gasteiger partial charge in [-0.05, 0) is 31.2 Å². The zero-order valence-corrected chi connectivity index (χ0v) is 14.3. The van der Waals surface area contributed by atoms with Gasteiger partial charge >= 0.3 is 0 Å². The Balaban J connectivity index is 1.79. The molecule has 130 valence electrons. The number of rotatable bonds is 4. The molecular weight excluding hydrogens is 318 g/mol. The number of likely N-dealkylation sites (N-methyl/N-ethyl adjacent to an activating group) is 1. The predicted octanol–water partition coefficient (Wildman–Crippen LogP) is 1.80. The molecule has 2 amide bonds. The minimum absolute atomic E-state index is 0.187. The number of carbonyl (C=O) groups excluding carboxylic acids is 2. The minimum atomic E-state index is -0.549. The van der Waals surface area contributed by atoms with Gasteiger partial charge < -0.3 is 15.0 Å². The van der Waals surface area contributed by atoms with Crippen molar-refractivity contribution in [2.45, 2.75) is 25.5 Å². The molecular formula is C19H21N3O3. The lowest BCUT2D eigenvalue weighted by molar-refractivity contribution is -0.124. The molecule has 0 saturated carbocycles. The molecule has 1 fully saturated rings. The van der Waals surface area contributed by atoms with Gasteiger partial charge in [0.25, 0.3) is 5.91 Å². The van der Waals surface area contributed by atoms with Gasteiger partial charge in [0.1, 0.15) is 17.9 Å². The van der Waals surface area contributed by atoms with Crippen LogP contribution in [-0.4, -0.2) is 47.4 Å². The number of pyridine rings is 1. The topological polar surface area (TPSA) is 71.5 Å². The lowest BCUT2D eigenvalue weighted by Crippen LogP contribution is -2.45. The first kappa shape index (κ1) is 17.0. The van der Waals surface area contributed by atoms with Gasteiger partial charge in [0.2, 0.25) is 5.91 Å². The number of ether oxygens (including phenoxy) is 1. The molecule has 1 saturated heterocycles. The average Bonchev–Trinajstić information content (AvgIpc) is 3.05. The Hall–Kier alpha value is -2.89. The molecule has 0 radical (unpaired) electrons. The third-order valence-corrected chi connectivity index (χ3v) is 4.28. The molecule has 6 nitrogen and oxygen atoms in total. The number of hydrogen-bond donors (Lipinski definition) is 1. The molecule has 0 aliphatic carbocycles. The summed E-state index contributed by atoms with van der Waals surface area (Å²) < 4.78 is 5.95. The van der Waals surface area contributed by atoms with Crippen LogP contribution in [-0.2, 0) is 4.79 Å². The molecule has 1 aromatic heterocycles. The molecule has 0 spiro atoms. The fourth-order valence-corrected chi connectivity index (χ4v) is 2.97. The molecule has 1 aliphatic heterocycles. The summed E-state index contributed by atoms with van der Waals surface area (Å²) in [6.45, 7) is 2.22. The summed E-state index contributed by atoms with van der Waals surface area (Å²) in [6.07, 6.45) is 1.77. The van der Waals surface area contributed by atoms with E-state index in [0.717, 1.165) is 11.4 Å². The van der Waals surface area contributed by atoms with Crippen LogP contribution in [0.2, 0.25) is 0 Å². The monoisotopic (exact) mass is 339 g/mol. The van der Waals surface area contributed by atoms with Gasteiger partial charge in [0, 0.05) is 25.4 Å². The first-order valence-corrected chi connectivity index (χ1v) is 8.25. The average molecular weight is 339 g/mol. The fraction of sp³-hybridized carbons (Fsp3) is 0.316. The number of amides is 2. The number of likely N-dealkylation sites (tertiary alicyclic amines) is 1. The number of aromatic nitrogens is 1. The maximum Gasteiger partial charge on any atom is 0.256 e. The second kappa shape index (κ2) is 7.34. The highest BCUT2D eigenvalue weighted by atomic mass is 16.5. The van der Waals surface area contributed by atoms with Crippen molar-refractivity contribution in [3.8, 4) is 5.75 Å². The Labute approximate surface area is 146 Å². The normalized spacial score (nSPS) is 19.5. The first-order valence-electron chi connectivity index (χ1n) is 8.25. The third-order valence-electron chi connectivity index (χ3n) is 4.28. The van der Waals surface area contributed by atoms with Crippen LogP contribution in [0.4, 0.5) is 0 Å². The molecule has 2 atom stereocenters. The van der Waals surface area contributed by atoms with Gasteiger partial charge in [-0.2, -0.15) is 0 Å². The van der Waals surface area contributed by atoms with Gasteiger partial charge in [0.05, 0.1) is 12.1 Å². The summed E-state index contributed by atoms with van der Waals surface area (Å²) in [6, 6.07) is 12.4. The van der Waals surface area contributed by atoms with E-state index in [4.69, 9.17) is 4.74 Å². The summed E-state index contributed by atoms with van der Waals surface area (Å²) in [4.78, 5) is 30.8. The van der Waals surface area contributed by atoms with Crippen LogP contribution in [0.1, 0.15) is 22.5 Å². The molecule has 6 heteroatoms. The van der Waals surface area contributed by atoms with Gasteiger partial charge in [-0.3, -0.25) is 14.6 Å². The van der Waals surface area contributed by atoms with E-state index in [1.54, 1.807) is 30.3 Å². The van der Waals surface area contributed by atoms with Crippen LogP contribution < -0.4 is 10.1 Å². The van der Waals surface area contributed by atoms with Crippen LogP contribution in [0.25, 0.3) is 0 Å². The van der Waals surface area contributed by atoms with Crippen molar-refractivity contribution in [2.75, 3.05) is 13.6 Å². The second-order valence-corrected chi connectivity index (χ2v) is 6.06. The number of aryl methyl sites for hydroxylation is 1. The molecule has 1 aliphatic rings. The van der Waals surface area contributed by atoms with E-state index in [1.165, 1.54) is 0 Å². The Kier molecular flexibility index (Phi) is 4.97. The van der Waals surface area contributed by atoms with Crippen molar-refractivity contribution in [3.63, 3.8) is 0 Å². The quantitative estimate of drug-likeness (QED) is 0.922. The summed E-state index contributed by atoms with van der Waals surface area (Å²) >= 11 is 0. The number of para-hydroxylation sites is 1. The molecule has 0 bridgehead atoms. The lowest BCUT2D eigenvalue weighted by atomic mass is 10.1. The van der Waals surface area contributed by atoms with Crippen molar-refractivity contribution in [3.05, 3.63) is 59.9 Å². The highest BCUT2D eigenvalue weighted by Gasteiger charge is 2.40. The van der Waals surface area contributed by atoms with Crippen LogP contribution in [0, 0.1) is 6.92 Å². The molecule has 1 N–H and O–H groups in total. The number of hydrogen-bond acceptors (Lipinski definition) is 4. The van der Waals surface area contributed by atoms with Gasteiger partial charge in [-0.15, -0.1) is 0 Å². The maximum atomic E-state index is 12.8. The number of nitrogens with one attached hydrogen (secondary N) is 1. The van der Waals surface area contributed by atoms with Crippen molar-refractivity contribution >= 4 is 11.8 Å². The van der Waals surface area contributed by atoms with Gasteiger partial charge in [-0.1, -0.05) is 18.2 Å². The summed E-state index contributed by atoms with van der Waals surface area (Å²) in [5.41, 5.74) is 1.31. The zero-order chi connectivity index (χ0) is 17.8. The first-order chi connectivity index (χ1) is 12.1. The largest absolute Gasteiger partial charge is 0.488 e. The highest BCUT2D eigenvalue weighted by molar-refractivity contribution is 5.97. The molecule has 2 heterocycles. The highest BCUT2D eigenvalue weighted by Crippen LogP contribution is 2.25. The lowest BCUT2D eigenvalue weighted by Gasteiger charge is -2.22. The standard InChI is InChI=1S/C19H21N3O3/c1-13-8-9-14(11-21-13)19(24)22-12-16(10-17(22)18(23)20-2)25-15-6-4-3-5-7-15/h3-9,11,16-17H,10,12H2,1-2H3,(H,20,23)/t16-,17-/m0/s1. The Bertz CT molecular complexity index is 746. The van der Waals surface area contributed by atoms with Crippen molar-refractivity contribution in [1.29, 1.82) is 0 Å². The Morgan fingerprint density at radius 3 is 2.60 bits per heavy atom. The van der Waals surface area contributed by atoms with E-state index in [2.05, 4.69) is 10.3 Å². The van der Waals surface area contributed by atoms with E-state index in [-0.39, 0.29) is 17.9 Å². The molecule has 1 aromatic carbocycles. The molecule has 25 heavy (non-hydrogen) atoms. The van der Waals surface area contributed by atoms with E-state index in [0.29, 0.717) is 18.5 Å². The van der Waals surface area contributed by atoms with E-state index in [9.17, 15) is 9.59 Å². The van der Waals surface area contributed by atoms with Crippen molar-refractivity contribution in [1.82, 2.24) is 15.2 Å². The molecule has 2 aromatic rings. The summed E-state index contributed by atoms with van der Waals surface area (Å²) in [7, 11) is 1.57. The zero-order valence-electron chi connectivity index (χ0n) is 14.3. The second-order valence-electron chi connectivity index (χ2n) is 6.06. The van der Waals surface area contributed by atoms with Crippen LogP contribution in [0.5, 0.6) is 5.75 Å². The number of nitrogens with zero attached hydrogens (tertiary/aromatic N) is 2. The van der Waals surface area contributed by atoms with Crippen LogP contribution >= 0.6 is 0 Å². The van der Waals surface area contributed by atoms with Crippen molar-refractivity contribution in [2.24, 2.45) is 0 Å². The number of carbonyl (C=O) groups is 2. The van der Waals surface area contributed by atoms with Gasteiger partial charge in [-0.25, -0.2) is 0 Å². The SMILES string of the molecule is CNC(=O)[C@@H]1C[C@H](Oc2ccccc2)CN1C(=O)c1ccc(C)nc1. The minimum Gasteiger partial charge on any atom is -0.488 e. The van der Waals surface area contributed by atoms with E-state index in [1.807, 2.05) is 37.3 Å². The fourth-order valence-electron chi connectivity index (χ4n) is 2.97. The Morgan fingerprint density at radius 1 is 1.20 bits per heavy atom. The third kappa shape index (κ3) is 3.79. The summed E-state index contributed by atoms with van der Waals surface area (Å²) in [5.74, 6) is 0.335. The van der Waals surface area contributed by atoms with Gasteiger partial charge in [0.15, 0.2) is 0 Å². The van der Waals surface area contributed by atoms with Crippen LogP contribution in [0.3, 0.4) is 0 Å². The predicted molar refractivity (Wildman–Crippen MR) is 93.3 cm³/mol. The molecule has 0 unspecified atom stereocenters. The summed E-state index contributed by atoms with van der Waals surface area (Å²) in [5, 5.41) is 2.63. The smallest absolute Gasteiger partial charge is 0.256 e. The number of benzene rings is 1. The van der Waals surface area contributed by atoms with Crippen LogP contribution in [0.15, 0.2) is 48.7 Å². The Morgan fingerprint density at radius 2 is 1.96 bits per heavy atom. The molecule has 3 rings (SSSR count). The maximum absolute atomic E-state index is 12.8. The van der Waals surface area contributed by atoms with E-state index < -0.39 is 6.04 Å². The van der Waals surface area contributed by atoms with Crippen molar-refractivity contribution < 1.29 is 14.3 Å². The van der Waals surface area contributed by atoms with E-state index >= 15 is 0 Å².